The Kier molecular flexibility index (Phi) is 5.93. The van der Waals surface area contributed by atoms with Crippen LogP contribution in [-0.2, 0) is 11.8 Å². The van der Waals surface area contributed by atoms with Crippen LogP contribution in [0.3, 0.4) is 0 Å². The molecule has 2 nitrogen and oxygen atoms in total. The molecule has 2 aromatic rings. The molecule has 0 amide bonds. The van der Waals surface area contributed by atoms with Gasteiger partial charge in [-0.1, -0.05) is 19.9 Å². The van der Waals surface area contributed by atoms with Crippen LogP contribution in [0.25, 0.3) is 0 Å². The second kappa shape index (κ2) is 7.57. The first-order valence-electron chi connectivity index (χ1n) is 7.64. The van der Waals surface area contributed by atoms with Crippen molar-refractivity contribution in [3.63, 3.8) is 0 Å². The van der Waals surface area contributed by atoms with E-state index in [4.69, 9.17) is 0 Å². The molecular formula is C18H20F3NOS. The van der Waals surface area contributed by atoms with E-state index in [0.717, 1.165) is 17.7 Å². The number of rotatable bonds is 6. The number of benzene rings is 1. The molecule has 2 rings (SSSR count). The molecule has 0 aliphatic heterocycles. The fourth-order valence-electron chi connectivity index (χ4n) is 2.52. The van der Waals surface area contributed by atoms with E-state index in [0.29, 0.717) is 17.1 Å². The van der Waals surface area contributed by atoms with Crippen molar-refractivity contribution in [2.75, 3.05) is 5.75 Å². The molecule has 0 fully saturated rings. The third-order valence-corrected chi connectivity index (χ3v) is 4.83. The summed E-state index contributed by atoms with van der Waals surface area (Å²) in [4.78, 5) is 4.75. The van der Waals surface area contributed by atoms with Gasteiger partial charge in [-0.15, -0.1) is 11.8 Å². The molecule has 0 spiro atoms. The van der Waals surface area contributed by atoms with E-state index in [1.165, 1.54) is 23.9 Å². The van der Waals surface area contributed by atoms with Crippen LogP contribution >= 0.6 is 11.8 Å². The molecule has 0 aliphatic carbocycles. The Morgan fingerprint density at radius 2 is 1.75 bits per heavy atom. The number of aliphatic hydroxyl groups is 1. The fourth-order valence-corrected chi connectivity index (χ4v) is 3.53. The summed E-state index contributed by atoms with van der Waals surface area (Å²) in [6.45, 7) is 4.04. The Hall–Kier alpha value is -1.53. The van der Waals surface area contributed by atoms with Crippen LogP contribution in [0.4, 0.5) is 13.2 Å². The van der Waals surface area contributed by atoms with Gasteiger partial charge in [0.2, 0.25) is 0 Å². The number of nitrogens with zero attached hydrogens (tertiary/aromatic N) is 1. The quantitative estimate of drug-likeness (QED) is 0.730. The van der Waals surface area contributed by atoms with Gasteiger partial charge in [-0.2, -0.15) is 13.2 Å². The van der Waals surface area contributed by atoms with Crippen LogP contribution in [0.5, 0.6) is 0 Å². The molecule has 130 valence electrons. The average Bonchev–Trinajstić information content (AvgIpc) is 2.53. The number of hydrogen-bond acceptors (Lipinski definition) is 3. The van der Waals surface area contributed by atoms with Crippen molar-refractivity contribution in [1.29, 1.82) is 0 Å². The smallest absolute Gasteiger partial charge is 0.384 e. The lowest BCUT2D eigenvalue weighted by Gasteiger charge is -2.30. The van der Waals surface area contributed by atoms with Crippen molar-refractivity contribution in [3.8, 4) is 0 Å². The van der Waals surface area contributed by atoms with Gasteiger partial charge in [-0.25, -0.2) is 0 Å². The molecule has 0 bridgehead atoms. The van der Waals surface area contributed by atoms with Crippen molar-refractivity contribution in [1.82, 2.24) is 4.98 Å². The molecule has 1 aromatic carbocycles. The number of halogens is 3. The Bertz CT molecular complexity index is 644. The molecule has 1 unspecified atom stereocenters. The van der Waals surface area contributed by atoms with Crippen molar-refractivity contribution in [2.24, 2.45) is 5.92 Å². The maximum atomic E-state index is 12.6. The highest BCUT2D eigenvalue weighted by Gasteiger charge is 2.32. The first-order valence-corrected chi connectivity index (χ1v) is 8.62. The lowest BCUT2D eigenvalue weighted by atomic mass is 9.88. The van der Waals surface area contributed by atoms with Crippen LogP contribution in [0.2, 0.25) is 0 Å². The predicted octanol–water partition coefficient (Wildman–Crippen LogP) is 5.13. The largest absolute Gasteiger partial charge is 0.416 e. The normalized spacial score (nSPS) is 14.6. The minimum absolute atomic E-state index is 0.267. The molecule has 0 saturated heterocycles. The molecule has 0 aliphatic rings. The van der Waals surface area contributed by atoms with Gasteiger partial charge >= 0.3 is 6.18 Å². The molecule has 0 saturated carbocycles. The molecule has 6 heteroatoms. The number of pyridine rings is 1. The standard InChI is InChI=1S/C18H20F3NOS/c1-13(2)10-17(23,15-4-3-9-22-11-15)12-24-16-7-5-14(6-8-16)18(19,20)21/h3-9,11,13,23H,10,12H2,1-2H3. The number of thioether (sulfide) groups is 1. The van der Waals surface area contributed by atoms with E-state index in [-0.39, 0.29) is 5.92 Å². The highest BCUT2D eigenvalue weighted by Crippen LogP contribution is 2.36. The lowest BCUT2D eigenvalue weighted by molar-refractivity contribution is -0.137. The molecular weight excluding hydrogens is 335 g/mol. The molecule has 1 heterocycles. The first kappa shape index (κ1) is 18.8. The van der Waals surface area contributed by atoms with Gasteiger partial charge in [-0.3, -0.25) is 4.98 Å². The monoisotopic (exact) mass is 355 g/mol. The van der Waals surface area contributed by atoms with Gasteiger partial charge in [0.15, 0.2) is 0 Å². The molecule has 1 atom stereocenters. The molecule has 1 aromatic heterocycles. The summed E-state index contributed by atoms with van der Waals surface area (Å²) < 4.78 is 37.8. The van der Waals surface area contributed by atoms with E-state index >= 15 is 0 Å². The second-order valence-corrected chi connectivity index (χ2v) is 7.23. The number of hydrogen-bond donors (Lipinski definition) is 1. The minimum atomic E-state index is -4.34. The molecule has 1 N–H and O–H groups in total. The first-order chi connectivity index (χ1) is 11.2. The van der Waals surface area contributed by atoms with Gasteiger partial charge in [-0.05, 0) is 42.7 Å². The van der Waals surface area contributed by atoms with E-state index < -0.39 is 17.3 Å². The Morgan fingerprint density at radius 3 is 2.25 bits per heavy atom. The third-order valence-electron chi connectivity index (χ3n) is 3.60. The van der Waals surface area contributed by atoms with E-state index in [1.807, 2.05) is 19.9 Å². The summed E-state index contributed by atoms with van der Waals surface area (Å²) >= 11 is 1.34. The van der Waals surface area contributed by atoms with Crippen molar-refractivity contribution in [3.05, 3.63) is 59.9 Å². The summed E-state index contributed by atoms with van der Waals surface area (Å²) in [6, 6.07) is 8.59. The highest BCUT2D eigenvalue weighted by molar-refractivity contribution is 7.99. The Morgan fingerprint density at radius 1 is 1.08 bits per heavy atom. The van der Waals surface area contributed by atoms with Crippen molar-refractivity contribution < 1.29 is 18.3 Å². The summed E-state index contributed by atoms with van der Waals surface area (Å²) in [5.41, 5.74) is -1.02. The van der Waals surface area contributed by atoms with Gasteiger partial charge in [0, 0.05) is 28.6 Å². The van der Waals surface area contributed by atoms with Crippen LogP contribution in [0.15, 0.2) is 53.7 Å². The zero-order valence-corrected chi connectivity index (χ0v) is 14.4. The van der Waals surface area contributed by atoms with E-state index in [1.54, 1.807) is 18.5 Å². The van der Waals surface area contributed by atoms with Crippen LogP contribution in [0.1, 0.15) is 31.4 Å². The maximum absolute atomic E-state index is 12.6. The Balaban J connectivity index is 2.13. The summed E-state index contributed by atoms with van der Waals surface area (Å²) in [6.07, 6.45) is -0.512. The SMILES string of the molecule is CC(C)CC(O)(CSc1ccc(C(F)(F)F)cc1)c1cccnc1. The van der Waals surface area contributed by atoms with Gasteiger partial charge in [0.1, 0.15) is 5.60 Å². The minimum Gasteiger partial charge on any atom is -0.384 e. The van der Waals surface area contributed by atoms with Gasteiger partial charge in [0.05, 0.1) is 5.56 Å². The van der Waals surface area contributed by atoms with Crippen LogP contribution < -0.4 is 0 Å². The average molecular weight is 355 g/mol. The van der Waals surface area contributed by atoms with Crippen LogP contribution in [0, 0.1) is 5.92 Å². The topological polar surface area (TPSA) is 33.1 Å². The van der Waals surface area contributed by atoms with Crippen LogP contribution in [-0.4, -0.2) is 15.8 Å². The van der Waals surface area contributed by atoms with E-state index in [2.05, 4.69) is 4.98 Å². The van der Waals surface area contributed by atoms with E-state index in [9.17, 15) is 18.3 Å². The lowest BCUT2D eigenvalue weighted by Crippen LogP contribution is -2.30. The summed E-state index contributed by atoms with van der Waals surface area (Å²) in [5, 5.41) is 11.1. The number of alkyl halides is 3. The summed E-state index contributed by atoms with van der Waals surface area (Å²) in [5.74, 6) is 0.616. The van der Waals surface area contributed by atoms with Gasteiger partial charge in [0.25, 0.3) is 0 Å². The number of aromatic nitrogens is 1. The fraction of sp³-hybridized carbons (Fsp3) is 0.389. The molecule has 24 heavy (non-hydrogen) atoms. The van der Waals surface area contributed by atoms with Crippen molar-refractivity contribution in [2.45, 2.75) is 36.9 Å². The third kappa shape index (κ3) is 4.98. The Labute approximate surface area is 144 Å². The predicted molar refractivity (Wildman–Crippen MR) is 89.8 cm³/mol. The van der Waals surface area contributed by atoms with Crippen molar-refractivity contribution >= 4 is 11.8 Å². The second-order valence-electron chi connectivity index (χ2n) is 6.18. The summed E-state index contributed by atoms with van der Waals surface area (Å²) in [7, 11) is 0. The maximum Gasteiger partial charge on any atom is 0.416 e. The highest BCUT2D eigenvalue weighted by atomic mass is 32.2. The van der Waals surface area contributed by atoms with Gasteiger partial charge < -0.3 is 5.11 Å². The zero-order valence-electron chi connectivity index (χ0n) is 13.5. The zero-order chi connectivity index (χ0) is 17.8. The molecule has 0 radical (unpaired) electrons.